The van der Waals surface area contributed by atoms with Gasteiger partial charge in [0.15, 0.2) is 0 Å². The molecule has 3 heteroatoms. The predicted molar refractivity (Wildman–Crippen MR) is 56.6 cm³/mol. The van der Waals surface area contributed by atoms with Crippen LogP contribution >= 0.6 is 0 Å². The number of carbonyl (C=O) groups excluding carboxylic acids is 1. The van der Waals surface area contributed by atoms with Gasteiger partial charge in [0.05, 0.1) is 13.5 Å². The topological polar surface area (TPSA) is 38.7 Å². The third-order valence-corrected chi connectivity index (χ3v) is 2.61. The van der Waals surface area contributed by atoms with Crippen LogP contribution in [-0.4, -0.2) is 24.8 Å². The van der Waals surface area contributed by atoms with Gasteiger partial charge < -0.3 is 4.74 Å². The summed E-state index contributed by atoms with van der Waals surface area (Å²) in [6.07, 6.45) is 6.59. The molecule has 0 bridgehead atoms. The second kappa shape index (κ2) is 5.78. The molecular weight excluding hydrogens is 178 g/mol. The van der Waals surface area contributed by atoms with Gasteiger partial charge >= 0.3 is 5.97 Å². The van der Waals surface area contributed by atoms with Crippen molar-refractivity contribution in [2.24, 2.45) is 4.99 Å². The summed E-state index contributed by atoms with van der Waals surface area (Å²) in [6, 6.07) is 0.452. The molecule has 0 amide bonds. The molecule has 0 aliphatic heterocycles. The highest BCUT2D eigenvalue weighted by Gasteiger charge is 2.12. The summed E-state index contributed by atoms with van der Waals surface area (Å²) >= 11 is 0. The number of hydrogen-bond donors (Lipinski definition) is 0. The van der Waals surface area contributed by atoms with E-state index in [1.54, 1.807) is 0 Å². The Morgan fingerprint density at radius 1 is 1.36 bits per heavy atom. The van der Waals surface area contributed by atoms with E-state index in [0.29, 0.717) is 12.5 Å². The minimum atomic E-state index is -0.193. The van der Waals surface area contributed by atoms with Crippen LogP contribution in [0.5, 0.6) is 0 Å². The maximum Gasteiger partial charge on any atom is 0.311 e. The summed E-state index contributed by atoms with van der Waals surface area (Å²) in [4.78, 5) is 15.5. The highest BCUT2D eigenvalue weighted by molar-refractivity contribution is 5.97. The van der Waals surface area contributed by atoms with E-state index in [0.717, 1.165) is 5.71 Å². The zero-order chi connectivity index (χ0) is 10.4. The Bertz CT molecular complexity index is 217. The lowest BCUT2D eigenvalue weighted by molar-refractivity contribution is -0.139. The maximum absolute atomic E-state index is 11.0. The normalized spacial score (nSPS) is 19.4. The van der Waals surface area contributed by atoms with E-state index in [1.165, 1.54) is 39.2 Å². The maximum atomic E-state index is 11.0. The fourth-order valence-corrected chi connectivity index (χ4v) is 1.85. The summed E-state index contributed by atoms with van der Waals surface area (Å²) in [6.45, 7) is 1.91. The molecule has 1 saturated carbocycles. The third kappa shape index (κ3) is 3.90. The summed E-state index contributed by atoms with van der Waals surface area (Å²) in [5.74, 6) is -0.193. The minimum Gasteiger partial charge on any atom is -0.469 e. The number of ether oxygens (including phenoxy) is 1. The van der Waals surface area contributed by atoms with Crippen LogP contribution in [0.15, 0.2) is 4.99 Å². The fourth-order valence-electron chi connectivity index (χ4n) is 1.85. The first-order valence-corrected chi connectivity index (χ1v) is 5.32. The van der Waals surface area contributed by atoms with Crippen molar-refractivity contribution < 1.29 is 9.53 Å². The second-order valence-electron chi connectivity index (χ2n) is 3.91. The molecule has 0 saturated heterocycles. The highest BCUT2D eigenvalue weighted by Crippen LogP contribution is 2.20. The smallest absolute Gasteiger partial charge is 0.311 e. The van der Waals surface area contributed by atoms with Gasteiger partial charge in [-0.15, -0.1) is 0 Å². The molecule has 1 fully saturated rings. The first-order chi connectivity index (χ1) is 6.72. The molecular formula is C11H19NO2. The molecule has 0 radical (unpaired) electrons. The SMILES string of the molecule is COC(=O)CC(C)=NC1CCCCC1. The summed E-state index contributed by atoms with van der Waals surface area (Å²) in [5.41, 5.74) is 0.906. The van der Waals surface area contributed by atoms with Crippen LogP contribution in [0, 0.1) is 0 Å². The van der Waals surface area contributed by atoms with Crippen LogP contribution < -0.4 is 0 Å². The van der Waals surface area contributed by atoms with E-state index >= 15 is 0 Å². The van der Waals surface area contributed by atoms with Crippen molar-refractivity contribution in [1.29, 1.82) is 0 Å². The van der Waals surface area contributed by atoms with Crippen LogP contribution in [0.2, 0.25) is 0 Å². The Labute approximate surface area is 85.6 Å². The van der Waals surface area contributed by atoms with Gasteiger partial charge in [0.25, 0.3) is 0 Å². The number of nitrogens with zero attached hydrogens (tertiary/aromatic N) is 1. The standard InChI is InChI=1S/C11H19NO2/c1-9(8-11(13)14-2)12-10-6-4-3-5-7-10/h10H,3-8H2,1-2H3. The van der Waals surface area contributed by atoms with Crippen LogP contribution in [0.4, 0.5) is 0 Å². The Kier molecular flexibility index (Phi) is 4.63. The molecule has 14 heavy (non-hydrogen) atoms. The number of aliphatic imine (C=N–C) groups is 1. The largest absolute Gasteiger partial charge is 0.469 e. The van der Waals surface area contributed by atoms with E-state index in [9.17, 15) is 4.79 Å². The third-order valence-electron chi connectivity index (χ3n) is 2.61. The van der Waals surface area contributed by atoms with Gasteiger partial charge in [-0.1, -0.05) is 19.3 Å². The van der Waals surface area contributed by atoms with Crippen molar-refractivity contribution in [1.82, 2.24) is 0 Å². The van der Waals surface area contributed by atoms with Gasteiger partial charge in [0.2, 0.25) is 0 Å². The van der Waals surface area contributed by atoms with Gasteiger partial charge in [-0.05, 0) is 19.8 Å². The molecule has 1 aliphatic carbocycles. The van der Waals surface area contributed by atoms with Crippen LogP contribution in [0.25, 0.3) is 0 Å². The highest BCUT2D eigenvalue weighted by atomic mass is 16.5. The lowest BCUT2D eigenvalue weighted by Gasteiger charge is -2.18. The number of hydrogen-bond acceptors (Lipinski definition) is 3. The van der Waals surface area contributed by atoms with Crippen LogP contribution in [-0.2, 0) is 9.53 Å². The first-order valence-electron chi connectivity index (χ1n) is 5.32. The van der Waals surface area contributed by atoms with Gasteiger partial charge in [0.1, 0.15) is 0 Å². The molecule has 1 aliphatic rings. The van der Waals surface area contributed by atoms with Gasteiger partial charge in [-0.3, -0.25) is 9.79 Å². The van der Waals surface area contributed by atoms with Gasteiger partial charge in [0, 0.05) is 11.8 Å². The van der Waals surface area contributed by atoms with Crippen LogP contribution in [0.3, 0.4) is 0 Å². The summed E-state index contributed by atoms with van der Waals surface area (Å²) in [5, 5.41) is 0. The molecule has 80 valence electrons. The number of rotatable bonds is 3. The van der Waals surface area contributed by atoms with Crippen molar-refractivity contribution in [2.75, 3.05) is 7.11 Å². The van der Waals surface area contributed by atoms with Crippen molar-refractivity contribution in [2.45, 2.75) is 51.5 Å². The van der Waals surface area contributed by atoms with E-state index in [1.807, 2.05) is 6.92 Å². The first kappa shape index (κ1) is 11.2. The van der Waals surface area contributed by atoms with Crippen molar-refractivity contribution >= 4 is 11.7 Å². The molecule has 0 heterocycles. The number of carbonyl (C=O) groups is 1. The summed E-state index contributed by atoms with van der Waals surface area (Å²) < 4.78 is 4.59. The molecule has 0 aromatic heterocycles. The fraction of sp³-hybridized carbons (Fsp3) is 0.818. The summed E-state index contributed by atoms with van der Waals surface area (Å²) in [7, 11) is 1.41. The Morgan fingerprint density at radius 3 is 2.57 bits per heavy atom. The lowest BCUT2D eigenvalue weighted by atomic mass is 9.96. The zero-order valence-electron chi connectivity index (χ0n) is 9.08. The Balaban J connectivity index is 2.37. The van der Waals surface area contributed by atoms with E-state index < -0.39 is 0 Å². The lowest BCUT2D eigenvalue weighted by Crippen LogP contribution is -2.14. The second-order valence-corrected chi connectivity index (χ2v) is 3.91. The molecule has 0 spiro atoms. The van der Waals surface area contributed by atoms with Gasteiger partial charge in [-0.25, -0.2) is 0 Å². The van der Waals surface area contributed by atoms with Crippen molar-refractivity contribution in [3.63, 3.8) is 0 Å². The number of methoxy groups -OCH3 is 1. The Hall–Kier alpha value is -0.860. The molecule has 0 atom stereocenters. The van der Waals surface area contributed by atoms with E-state index in [2.05, 4.69) is 9.73 Å². The quantitative estimate of drug-likeness (QED) is 0.514. The molecule has 0 unspecified atom stereocenters. The minimum absolute atomic E-state index is 0.193. The average molecular weight is 197 g/mol. The van der Waals surface area contributed by atoms with E-state index in [4.69, 9.17) is 0 Å². The molecule has 0 aromatic carbocycles. The molecule has 0 aromatic rings. The molecule has 0 N–H and O–H groups in total. The Morgan fingerprint density at radius 2 is 2.00 bits per heavy atom. The van der Waals surface area contributed by atoms with Gasteiger partial charge in [-0.2, -0.15) is 0 Å². The predicted octanol–water partition coefficient (Wildman–Crippen LogP) is 2.34. The van der Waals surface area contributed by atoms with Crippen molar-refractivity contribution in [3.8, 4) is 0 Å². The molecule has 3 nitrogen and oxygen atoms in total. The average Bonchev–Trinajstić information content (AvgIpc) is 2.19. The molecule has 1 rings (SSSR count). The number of esters is 1. The zero-order valence-corrected chi connectivity index (χ0v) is 9.08. The van der Waals surface area contributed by atoms with Crippen LogP contribution in [0.1, 0.15) is 45.4 Å². The monoisotopic (exact) mass is 197 g/mol. The van der Waals surface area contributed by atoms with E-state index in [-0.39, 0.29) is 5.97 Å². The van der Waals surface area contributed by atoms with Crippen molar-refractivity contribution in [3.05, 3.63) is 0 Å².